The molecule has 0 aliphatic rings. The van der Waals surface area contributed by atoms with E-state index in [9.17, 15) is 4.79 Å². The molecule has 1 aromatic rings. The summed E-state index contributed by atoms with van der Waals surface area (Å²) in [5.41, 5.74) is 0. The second kappa shape index (κ2) is 8.82. The molecule has 0 fully saturated rings. The molecule has 20 heavy (non-hydrogen) atoms. The van der Waals surface area contributed by atoms with Crippen molar-refractivity contribution in [3.05, 3.63) is 29.3 Å². The summed E-state index contributed by atoms with van der Waals surface area (Å²) < 4.78 is 5.65. The lowest BCUT2D eigenvalue weighted by atomic mass is 10.2. The Kier molecular flexibility index (Phi) is 7.41. The molecule has 0 aliphatic carbocycles. The van der Waals surface area contributed by atoms with Crippen molar-refractivity contribution in [3.8, 4) is 5.75 Å². The van der Waals surface area contributed by atoms with Crippen molar-refractivity contribution in [1.82, 2.24) is 4.90 Å². The average Bonchev–Trinajstić information content (AvgIpc) is 2.38. The van der Waals surface area contributed by atoms with Crippen molar-refractivity contribution >= 4 is 17.6 Å². The topological polar surface area (TPSA) is 49.8 Å². The zero-order valence-electron chi connectivity index (χ0n) is 12.0. The molecule has 0 atom stereocenters. The highest BCUT2D eigenvalue weighted by Gasteiger charge is 2.10. The first-order chi connectivity index (χ1) is 9.50. The molecular weight excluding hydrogens is 278 g/mol. The zero-order chi connectivity index (χ0) is 15.0. The number of hydrogen-bond donors (Lipinski definition) is 1. The first-order valence-electron chi connectivity index (χ1n) is 6.84. The monoisotopic (exact) mass is 299 g/mol. The molecular formula is C15H22ClNO3. The van der Waals surface area contributed by atoms with Crippen LogP contribution in [0.3, 0.4) is 0 Å². The highest BCUT2D eigenvalue weighted by molar-refractivity contribution is 6.32. The van der Waals surface area contributed by atoms with E-state index in [1.54, 1.807) is 6.07 Å². The Bertz CT molecular complexity index is 423. The first kappa shape index (κ1) is 16.8. The number of carbonyl (C=O) groups is 1. The molecule has 0 bridgehead atoms. The SMILES string of the molecule is CC(C)N(CCCC(=O)O)CCOc1ccccc1Cl. The number of hydrogen-bond acceptors (Lipinski definition) is 3. The normalized spacial score (nSPS) is 11.1. The van der Waals surface area contributed by atoms with Gasteiger partial charge >= 0.3 is 5.97 Å². The van der Waals surface area contributed by atoms with Gasteiger partial charge in [-0.25, -0.2) is 0 Å². The lowest BCUT2D eigenvalue weighted by molar-refractivity contribution is -0.137. The van der Waals surface area contributed by atoms with Crippen molar-refractivity contribution in [2.24, 2.45) is 0 Å². The van der Waals surface area contributed by atoms with E-state index in [0.717, 1.165) is 13.1 Å². The van der Waals surface area contributed by atoms with Gasteiger partial charge < -0.3 is 9.84 Å². The summed E-state index contributed by atoms with van der Waals surface area (Å²) in [6, 6.07) is 7.74. The standard InChI is InChI=1S/C15H22ClNO3/c1-12(2)17(9-5-8-15(18)19)10-11-20-14-7-4-3-6-13(14)16/h3-4,6-7,12H,5,8-11H2,1-2H3,(H,18,19). The average molecular weight is 300 g/mol. The van der Waals surface area contributed by atoms with Gasteiger partial charge in [0.25, 0.3) is 0 Å². The second-order valence-electron chi connectivity index (χ2n) is 4.91. The number of ether oxygens (including phenoxy) is 1. The van der Waals surface area contributed by atoms with Crippen LogP contribution in [0.25, 0.3) is 0 Å². The van der Waals surface area contributed by atoms with Gasteiger partial charge in [-0.3, -0.25) is 9.69 Å². The molecule has 4 nitrogen and oxygen atoms in total. The molecule has 0 saturated heterocycles. The van der Waals surface area contributed by atoms with E-state index in [4.69, 9.17) is 21.4 Å². The minimum atomic E-state index is -0.749. The van der Waals surface area contributed by atoms with Crippen molar-refractivity contribution in [2.75, 3.05) is 19.7 Å². The summed E-state index contributed by atoms with van der Waals surface area (Å²) in [5, 5.41) is 9.27. The second-order valence-corrected chi connectivity index (χ2v) is 5.31. The van der Waals surface area contributed by atoms with Gasteiger partial charge in [-0.05, 0) is 38.9 Å². The number of benzene rings is 1. The highest BCUT2D eigenvalue weighted by Crippen LogP contribution is 2.22. The number of nitrogens with zero attached hydrogens (tertiary/aromatic N) is 1. The molecule has 112 valence electrons. The summed E-state index contributed by atoms with van der Waals surface area (Å²) in [5.74, 6) is -0.0653. The van der Waals surface area contributed by atoms with Crippen LogP contribution in [0.5, 0.6) is 5.75 Å². The predicted octanol–water partition coefficient (Wildman–Crippen LogP) is 3.29. The van der Waals surface area contributed by atoms with Crippen LogP contribution in [0.15, 0.2) is 24.3 Å². The Morgan fingerprint density at radius 3 is 2.65 bits per heavy atom. The fourth-order valence-corrected chi connectivity index (χ4v) is 2.09. The van der Waals surface area contributed by atoms with Crippen molar-refractivity contribution in [3.63, 3.8) is 0 Å². The van der Waals surface area contributed by atoms with Gasteiger partial charge in [0.2, 0.25) is 0 Å². The Labute approximate surface area is 125 Å². The molecule has 0 heterocycles. The van der Waals surface area contributed by atoms with E-state index < -0.39 is 5.97 Å². The molecule has 0 spiro atoms. The molecule has 0 saturated carbocycles. The summed E-state index contributed by atoms with van der Waals surface area (Å²) in [7, 11) is 0. The number of carboxylic acids is 1. The van der Waals surface area contributed by atoms with Gasteiger partial charge in [-0.2, -0.15) is 0 Å². The molecule has 1 N–H and O–H groups in total. The van der Waals surface area contributed by atoms with Gasteiger partial charge in [0.1, 0.15) is 12.4 Å². The van der Waals surface area contributed by atoms with Gasteiger partial charge in [-0.15, -0.1) is 0 Å². The van der Waals surface area contributed by atoms with E-state index in [2.05, 4.69) is 18.7 Å². The summed E-state index contributed by atoms with van der Waals surface area (Å²) in [6.45, 7) is 6.24. The summed E-state index contributed by atoms with van der Waals surface area (Å²) in [4.78, 5) is 12.7. The third-order valence-electron chi connectivity index (χ3n) is 3.04. The van der Waals surface area contributed by atoms with E-state index in [-0.39, 0.29) is 6.42 Å². The maximum atomic E-state index is 10.5. The molecule has 1 rings (SSSR count). The maximum absolute atomic E-state index is 10.5. The predicted molar refractivity (Wildman–Crippen MR) is 80.5 cm³/mol. The zero-order valence-corrected chi connectivity index (χ0v) is 12.8. The fraction of sp³-hybridized carbons (Fsp3) is 0.533. The smallest absolute Gasteiger partial charge is 0.303 e. The Morgan fingerprint density at radius 2 is 2.05 bits per heavy atom. The van der Waals surface area contributed by atoms with E-state index >= 15 is 0 Å². The molecule has 0 unspecified atom stereocenters. The molecule has 0 amide bonds. The lowest BCUT2D eigenvalue weighted by Gasteiger charge is -2.26. The minimum absolute atomic E-state index is 0.203. The third-order valence-corrected chi connectivity index (χ3v) is 3.35. The minimum Gasteiger partial charge on any atom is -0.491 e. The van der Waals surface area contributed by atoms with Gasteiger partial charge in [0.05, 0.1) is 5.02 Å². The number of carboxylic acid groups (broad SMARTS) is 1. The Morgan fingerprint density at radius 1 is 1.35 bits per heavy atom. The Balaban J connectivity index is 2.35. The highest BCUT2D eigenvalue weighted by atomic mass is 35.5. The number of para-hydroxylation sites is 1. The van der Waals surface area contributed by atoms with Crippen LogP contribution < -0.4 is 4.74 Å². The van der Waals surface area contributed by atoms with Crippen molar-refractivity contribution in [2.45, 2.75) is 32.7 Å². The fourth-order valence-electron chi connectivity index (χ4n) is 1.90. The third kappa shape index (κ3) is 6.26. The van der Waals surface area contributed by atoms with Crippen LogP contribution in [0, 0.1) is 0 Å². The van der Waals surface area contributed by atoms with Crippen LogP contribution >= 0.6 is 11.6 Å². The lowest BCUT2D eigenvalue weighted by Crippen LogP contribution is -2.35. The van der Waals surface area contributed by atoms with Crippen LogP contribution in [0.4, 0.5) is 0 Å². The van der Waals surface area contributed by atoms with E-state index in [1.165, 1.54) is 0 Å². The van der Waals surface area contributed by atoms with Crippen LogP contribution in [0.1, 0.15) is 26.7 Å². The molecule has 0 aromatic heterocycles. The van der Waals surface area contributed by atoms with E-state index in [0.29, 0.717) is 29.8 Å². The Hall–Kier alpha value is -1.26. The number of aliphatic carboxylic acids is 1. The van der Waals surface area contributed by atoms with Gasteiger partial charge in [-0.1, -0.05) is 23.7 Å². The van der Waals surface area contributed by atoms with Crippen molar-refractivity contribution in [1.29, 1.82) is 0 Å². The molecule has 1 aromatic carbocycles. The number of rotatable bonds is 9. The number of halogens is 1. The van der Waals surface area contributed by atoms with E-state index in [1.807, 2.05) is 18.2 Å². The molecule has 0 aliphatic heterocycles. The van der Waals surface area contributed by atoms with Gasteiger partial charge in [0, 0.05) is 19.0 Å². The molecule has 0 radical (unpaired) electrons. The maximum Gasteiger partial charge on any atom is 0.303 e. The summed E-state index contributed by atoms with van der Waals surface area (Å²) >= 11 is 6.02. The molecule has 5 heteroatoms. The van der Waals surface area contributed by atoms with Crippen LogP contribution in [0.2, 0.25) is 5.02 Å². The van der Waals surface area contributed by atoms with Crippen molar-refractivity contribution < 1.29 is 14.6 Å². The quantitative estimate of drug-likeness (QED) is 0.760. The van der Waals surface area contributed by atoms with Crippen LogP contribution in [-0.4, -0.2) is 41.7 Å². The first-order valence-corrected chi connectivity index (χ1v) is 7.21. The van der Waals surface area contributed by atoms with Crippen LogP contribution in [-0.2, 0) is 4.79 Å². The largest absolute Gasteiger partial charge is 0.491 e. The summed E-state index contributed by atoms with van der Waals surface area (Å²) in [6.07, 6.45) is 0.855. The van der Waals surface area contributed by atoms with Gasteiger partial charge in [0.15, 0.2) is 0 Å².